The number of pyridine rings is 1. The van der Waals surface area contributed by atoms with E-state index in [-0.39, 0.29) is 0 Å². The quantitative estimate of drug-likeness (QED) is 0.790. The molecule has 0 spiro atoms. The lowest BCUT2D eigenvalue weighted by Gasteiger charge is -2.13. The molecule has 0 amide bonds. The fourth-order valence-electron chi connectivity index (χ4n) is 2.13. The Morgan fingerprint density at radius 3 is 3.12 bits per heavy atom. The monoisotopic (exact) mass is 232 g/mol. The number of nitrogens with one attached hydrogen (secondary N) is 1. The van der Waals surface area contributed by atoms with E-state index in [4.69, 9.17) is 4.74 Å². The normalized spacial score (nSPS) is 15.2. The van der Waals surface area contributed by atoms with Gasteiger partial charge in [-0.1, -0.05) is 11.6 Å². The van der Waals surface area contributed by atoms with Crippen LogP contribution in [0.1, 0.15) is 32.1 Å². The minimum Gasteiger partial charge on any atom is -0.481 e. The summed E-state index contributed by atoms with van der Waals surface area (Å²) in [6.07, 6.45) is 10.6. The molecule has 92 valence electrons. The molecule has 0 radical (unpaired) electrons. The lowest BCUT2D eigenvalue weighted by Crippen LogP contribution is -2.04. The van der Waals surface area contributed by atoms with Crippen molar-refractivity contribution in [2.45, 2.75) is 32.1 Å². The molecule has 1 aromatic heterocycles. The number of nitrogens with zero attached hydrogens (tertiary/aromatic N) is 1. The molecule has 0 saturated heterocycles. The van der Waals surface area contributed by atoms with Gasteiger partial charge in [-0.05, 0) is 38.2 Å². The molecular weight excluding hydrogens is 212 g/mol. The van der Waals surface area contributed by atoms with Crippen LogP contribution in [0.4, 0.5) is 5.69 Å². The Labute approximate surface area is 103 Å². The minimum absolute atomic E-state index is 0.659. The standard InChI is InChI=1S/C14H20N2O/c1-17-14-11-13(8-10-16-14)15-9-7-12-5-3-2-4-6-12/h5,8,10-11H,2-4,6-7,9H2,1H3,(H,15,16). The van der Waals surface area contributed by atoms with Crippen LogP contribution in [0.15, 0.2) is 30.0 Å². The Kier molecular flexibility index (Phi) is 4.42. The SMILES string of the molecule is COc1cc(NCCC2=CCCCC2)ccn1. The van der Waals surface area contributed by atoms with Gasteiger partial charge in [0.25, 0.3) is 0 Å². The molecule has 0 aromatic carbocycles. The van der Waals surface area contributed by atoms with Crippen LogP contribution in [-0.4, -0.2) is 18.6 Å². The second-order valence-corrected chi connectivity index (χ2v) is 4.37. The highest BCUT2D eigenvalue weighted by atomic mass is 16.5. The number of rotatable bonds is 5. The molecule has 3 nitrogen and oxygen atoms in total. The largest absolute Gasteiger partial charge is 0.481 e. The summed E-state index contributed by atoms with van der Waals surface area (Å²) < 4.78 is 5.09. The lowest BCUT2D eigenvalue weighted by atomic mass is 9.97. The molecule has 0 aliphatic heterocycles. The van der Waals surface area contributed by atoms with Crippen molar-refractivity contribution in [2.24, 2.45) is 0 Å². The van der Waals surface area contributed by atoms with E-state index in [0.717, 1.165) is 18.7 Å². The van der Waals surface area contributed by atoms with Crippen LogP contribution in [0.2, 0.25) is 0 Å². The molecule has 17 heavy (non-hydrogen) atoms. The summed E-state index contributed by atoms with van der Waals surface area (Å²) in [7, 11) is 1.64. The van der Waals surface area contributed by atoms with Gasteiger partial charge in [-0.3, -0.25) is 0 Å². The molecule has 1 aliphatic rings. The Balaban J connectivity index is 1.79. The summed E-state index contributed by atoms with van der Waals surface area (Å²) in [5.74, 6) is 0.659. The van der Waals surface area contributed by atoms with E-state index in [0.29, 0.717) is 5.88 Å². The molecule has 0 unspecified atom stereocenters. The molecule has 0 atom stereocenters. The average molecular weight is 232 g/mol. The summed E-state index contributed by atoms with van der Waals surface area (Å²) in [4.78, 5) is 4.08. The highest BCUT2D eigenvalue weighted by molar-refractivity contribution is 5.45. The zero-order valence-corrected chi connectivity index (χ0v) is 10.4. The fourth-order valence-corrected chi connectivity index (χ4v) is 2.13. The summed E-state index contributed by atoms with van der Waals surface area (Å²) in [5, 5.41) is 3.41. The van der Waals surface area contributed by atoms with Gasteiger partial charge in [-0.15, -0.1) is 0 Å². The van der Waals surface area contributed by atoms with Gasteiger partial charge in [0.15, 0.2) is 0 Å². The number of hydrogen-bond acceptors (Lipinski definition) is 3. The topological polar surface area (TPSA) is 34.1 Å². The lowest BCUT2D eigenvalue weighted by molar-refractivity contribution is 0.398. The molecule has 0 fully saturated rings. The first-order valence-corrected chi connectivity index (χ1v) is 6.30. The summed E-state index contributed by atoms with van der Waals surface area (Å²) in [6, 6.07) is 3.90. The smallest absolute Gasteiger partial charge is 0.214 e. The second-order valence-electron chi connectivity index (χ2n) is 4.37. The Morgan fingerprint density at radius 2 is 2.35 bits per heavy atom. The molecule has 0 bridgehead atoms. The number of hydrogen-bond donors (Lipinski definition) is 1. The molecular formula is C14H20N2O. The minimum atomic E-state index is 0.659. The van der Waals surface area contributed by atoms with Crippen LogP contribution >= 0.6 is 0 Å². The molecule has 1 aliphatic carbocycles. The first kappa shape index (κ1) is 12.0. The van der Waals surface area contributed by atoms with E-state index in [9.17, 15) is 0 Å². The Hall–Kier alpha value is -1.51. The van der Waals surface area contributed by atoms with Gasteiger partial charge < -0.3 is 10.1 Å². The molecule has 2 rings (SSSR count). The first-order valence-electron chi connectivity index (χ1n) is 6.30. The van der Waals surface area contributed by atoms with Crippen LogP contribution in [0, 0.1) is 0 Å². The maximum Gasteiger partial charge on any atom is 0.214 e. The van der Waals surface area contributed by atoms with Gasteiger partial charge in [0.1, 0.15) is 0 Å². The number of methoxy groups -OCH3 is 1. The van der Waals surface area contributed by atoms with E-state index in [1.165, 1.54) is 25.7 Å². The van der Waals surface area contributed by atoms with Crippen molar-refractivity contribution in [1.29, 1.82) is 0 Å². The van der Waals surface area contributed by atoms with Crippen molar-refractivity contribution in [1.82, 2.24) is 4.98 Å². The van der Waals surface area contributed by atoms with Gasteiger partial charge in [-0.25, -0.2) is 4.98 Å². The third-order valence-corrected chi connectivity index (χ3v) is 3.10. The Morgan fingerprint density at radius 1 is 1.41 bits per heavy atom. The van der Waals surface area contributed by atoms with Gasteiger partial charge >= 0.3 is 0 Å². The first-order chi connectivity index (χ1) is 8.38. The molecule has 1 aromatic rings. The van der Waals surface area contributed by atoms with Gasteiger partial charge in [-0.2, -0.15) is 0 Å². The van der Waals surface area contributed by atoms with Crippen LogP contribution in [0.25, 0.3) is 0 Å². The van der Waals surface area contributed by atoms with Crippen molar-refractivity contribution in [3.63, 3.8) is 0 Å². The fraction of sp³-hybridized carbons (Fsp3) is 0.500. The van der Waals surface area contributed by atoms with Gasteiger partial charge in [0.05, 0.1) is 7.11 Å². The molecule has 3 heteroatoms. The van der Waals surface area contributed by atoms with Crippen molar-refractivity contribution < 1.29 is 4.74 Å². The summed E-state index contributed by atoms with van der Waals surface area (Å²) in [5.41, 5.74) is 2.68. The van der Waals surface area contributed by atoms with Gasteiger partial charge in [0, 0.05) is 24.5 Å². The van der Waals surface area contributed by atoms with E-state index in [1.807, 2.05) is 12.1 Å². The second kappa shape index (κ2) is 6.28. The number of anilines is 1. The third-order valence-electron chi connectivity index (χ3n) is 3.10. The van der Waals surface area contributed by atoms with E-state index < -0.39 is 0 Å². The summed E-state index contributed by atoms with van der Waals surface area (Å²) in [6.45, 7) is 0.985. The van der Waals surface area contributed by atoms with E-state index >= 15 is 0 Å². The van der Waals surface area contributed by atoms with E-state index in [2.05, 4.69) is 16.4 Å². The highest BCUT2D eigenvalue weighted by Crippen LogP contribution is 2.20. The molecule has 0 saturated carbocycles. The predicted octanol–water partition coefficient (Wildman–Crippen LogP) is 3.39. The van der Waals surface area contributed by atoms with Crippen LogP contribution < -0.4 is 10.1 Å². The zero-order chi connectivity index (χ0) is 11.9. The van der Waals surface area contributed by atoms with Crippen molar-refractivity contribution in [3.05, 3.63) is 30.0 Å². The van der Waals surface area contributed by atoms with Crippen LogP contribution in [-0.2, 0) is 0 Å². The number of aromatic nitrogens is 1. The zero-order valence-electron chi connectivity index (χ0n) is 10.4. The van der Waals surface area contributed by atoms with Crippen molar-refractivity contribution >= 4 is 5.69 Å². The average Bonchev–Trinajstić information content (AvgIpc) is 2.40. The maximum atomic E-state index is 5.09. The van der Waals surface area contributed by atoms with Gasteiger partial charge in [0.2, 0.25) is 5.88 Å². The molecule has 1 heterocycles. The van der Waals surface area contributed by atoms with Crippen molar-refractivity contribution in [2.75, 3.05) is 19.0 Å². The number of ether oxygens (including phenoxy) is 1. The van der Waals surface area contributed by atoms with Crippen LogP contribution in [0.3, 0.4) is 0 Å². The summed E-state index contributed by atoms with van der Waals surface area (Å²) >= 11 is 0. The highest BCUT2D eigenvalue weighted by Gasteiger charge is 2.03. The number of allylic oxidation sites excluding steroid dienone is 1. The van der Waals surface area contributed by atoms with E-state index in [1.54, 1.807) is 18.9 Å². The van der Waals surface area contributed by atoms with Crippen LogP contribution in [0.5, 0.6) is 5.88 Å². The predicted molar refractivity (Wildman–Crippen MR) is 70.4 cm³/mol. The third kappa shape index (κ3) is 3.77. The maximum absolute atomic E-state index is 5.09. The molecule has 1 N–H and O–H groups in total. The van der Waals surface area contributed by atoms with Crippen molar-refractivity contribution in [3.8, 4) is 5.88 Å². The Bertz CT molecular complexity index is 388.